The van der Waals surface area contributed by atoms with Gasteiger partial charge in [0.2, 0.25) is 5.91 Å². The monoisotopic (exact) mass is 188 g/mol. The van der Waals surface area contributed by atoms with Crippen LogP contribution in [0.1, 0.15) is 6.92 Å². The fraction of sp³-hybridized carbons (Fsp3) is 0.875. The first-order chi connectivity index (χ1) is 6.13. The number of rotatable bonds is 3. The first-order valence-corrected chi connectivity index (χ1v) is 4.38. The molecule has 1 aliphatic rings. The summed E-state index contributed by atoms with van der Waals surface area (Å²) < 4.78 is 5.31. The number of aliphatic hydroxyl groups is 1. The van der Waals surface area contributed by atoms with E-state index in [1.54, 1.807) is 0 Å². The van der Waals surface area contributed by atoms with Crippen LogP contribution in [0.25, 0.3) is 0 Å². The molecule has 0 spiro atoms. The molecule has 1 fully saturated rings. The summed E-state index contributed by atoms with van der Waals surface area (Å²) in [5, 5.41) is 8.86. The van der Waals surface area contributed by atoms with Crippen LogP contribution in [-0.4, -0.2) is 54.4 Å². The third-order valence-corrected chi connectivity index (χ3v) is 2.20. The Kier molecular flexibility index (Phi) is 3.65. The molecule has 1 aliphatic heterocycles. The average molecular weight is 188 g/mol. The normalized spacial score (nSPS) is 30.3. The molecule has 5 nitrogen and oxygen atoms in total. The molecule has 0 radical (unpaired) electrons. The maximum Gasteiger partial charge on any atom is 0.231 e. The van der Waals surface area contributed by atoms with E-state index >= 15 is 0 Å². The van der Waals surface area contributed by atoms with Crippen molar-refractivity contribution in [2.24, 2.45) is 5.73 Å². The number of nitrogens with zero attached hydrogens (tertiary/aromatic N) is 1. The van der Waals surface area contributed by atoms with Crippen LogP contribution in [0.4, 0.5) is 0 Å². The van der Waals surface area contributed by atoms with E-state index < -0.39 is 0 Å². The van der Waals surface area contributed by atoms with Gasteiger partial charge in [-0.3, -0.25) is 9.69 Å². The van der Waals surface area contributed by atoms with E-state index in [2.05, 4.69) is 0 Å². The molecule has 13 heavy (non-hydrogen) atoms. The van der Waals surface area contributed by atoms with Crippen LogP contribution in [0, 0.1) is 0 Å². The number of amides is 1. The van der Waals surface area contributed by atoms with Gasteiger partial charge in [0.05, 0.1) is 25.9 Å². The van der Waals surface area contributed by atoms with E-state index in [1.807, 2.05) is 11.8 Å². The minimum absolute atomic E-state index is 0.0119. The van der Waals surface area contributed by atoms with E-state index in [9.17, 15) is 4.79 Å². The Morgan fingerprint density at radius 1 is 1.77 bits per heavy atom. The van der Waals surface area contributed by atoms with Gasteiger partial charge in [-0.05, 0) is 6.92 Å². The molecule has 1 heterocycles. The van der Waals surface area contributed by atoms with Crippen LogP contribution in [0.2, 0.25) is 0 Å². The largest absolute Gasteiger partial charge is 0.394 e. The second-order valence-electron chi connectivity index (χ2n) is 3.38. The minimum Gasteiger partial charge on any atom is -0.394 e. The predicted molar refractivity (Wildman–Crippen MR) is 47.1 cm³/mol. The fourth-order valence-corrected chi connectivity index (χ4v) is 1.41. The Bertz CT molecular complexity index is 186. The summed E-state index contributed by atoms with van der Waals surface area (Å²) in [4.78, 5) is 12.6. The highest BCUT2D eigenvalue weighted by atomic mass is 16.5. The van der Waals surface area contributed by atoms with Crippen LogP contribution >= 0.6 is 0 Å². The van der Waals surface area contributed by atoms with Gasteiger partial charge in [0.15, 0.2) is 0 Å². The lowest BCUT2D eigenvalue weighted by Gasteiger charge is -2.36. The topological polar surface area (TPSA) is 75.8 Å². The number of primary amides is 1. The average Bonchev–Trinajstić information content (AvgIpc) is 2.08. The van der Waals surface area contributed by atoms with Crippen molar-refractivity contribution >= 4 is 5.91 Å². The molecule has 0 aromatic heterocycles. The van der Waals surface area contributed by atoms with Gasteiger partial charge in [-0.2, -0.15) is 0 Å². The van der Waals surface area contributed by atoms with Gasteiger partial charge >= 0.3 is 0 Å². The van der Waals surface area contributed by atoms with Crippen LogP contribution in [-0.2, 0) is 9.53 Å². The second-order valence-corrected chi connectivity index (χ2v) is 3.38. The highest BCUT2D eigenvalue weighted by Crippen LogP contribution is 2.10. The van der Waals surface area contributed by atoms with Gasteiger partial charge in [-0.25, -0.2) is 0 Å². The smallest absolute Gasteiger partial charge is 0.231 e. The highest BCUT2D eigenvalue weighted by molar-refractivity contribution is 5.75. The number of nitrogens with two attached hydrogens (primary N) is 1. The number of aliphatic hydroxyl groups excluding tert-OH is 1. The fourth-order valence-electron chi connectivity index (χ4n) is 1.41. The van der Waals surface area contributed by atoms with Gasteiger partial charge in [0, 0.05) is 12.6 Å². The van der Waals surface area contributed by atoms with Gasteiger partial charge in [0.25, 0.3) is 0 Å². The van der Waals surface area contributed by atoms with E-state index in [-0.39, 0.29) is 31.2 Å². The lowest BCUT2D eigenvalue weighted by molar-refractivity contribution is -0.124. The Balaban J connectivity index is 2.44. The maximum absolute atomic E-state index is 10.7. The molecule has 2 unspecified atom stereocenters. The van der Waals surface area contributed by atoms with Crippen molar-refractivity contribution in [2.45, 2.75) is 19.1 Å². The molecule has 0 aliphatic carbocycles. The number of ether oxygens (including phenoxy) is 1. The Morgan fingerprint density at radius 2 is 2.46 bits per heavy atom. The summed E-state index contributed by atoms with van der Waals surface area (Å²) in [5.74, 6) is -0.342. The predicted octanol–water partition coefficient (Wildman–Crippen LogP) is -1.45. The zero-order valence-electron chi connectivity index (χ0n) is 7.77. The Hall–Kier alpha value is -0.650. The van der Waals surface area contributed by atoms with Gasteiger partial charge in [-0.1, -0.05) is 0 Å². The molecular formula is C8H16N2O3. The zero-order chi connectivity index (χ0) is 9.84. The number of carbonyl (C=O) groups is 1. The van der Waals surface area contributed by atoms with Crippen LogP contribution in [0.5, 0.6) is 0 Å². The van der Waals surface area contributed by atoms with Crippen molar-refractivity contribution in [3.05, 3.63) is 0 Å². The number of hydrogen-bond acceptors (Lipinski definition) is 4. The Morgan fingerprint density at radius 3 is 3.00 bits per heavy atom. The quantitative estimate of drug-likeness (QED) is 0.568. The zero-order valence-corrected chi connectivity index (χ0v) is 7.77. The molecule has 0 aromatic rings. The lowest BCUT2D eigenvalue weighted by Crippen LogP contribution is -2.51. The molecule has 0 saturated carbocycles. The van der Waals surface area contributed by atoms with E-state index in [0.717, 1.165) is 0 Å². The summed E-state index contributed by atoms with van der Waals surface area (Å²) in [6.07, 6.45) is -0.185. The van der Waals surface area contributed by atoms with Gasteiger partial charge in [-0.15, -0.1) is 0 Å². The first-order valence-electron chi connectivity index (χ1n) is 4.38. The molecule has 0 bridgehead atoms. The van der Waals surface area contributed by atoms with E-state index in [1.165, 1.54) is 0 Å². The van der Waals surface area contributed by atoms with Crippen molar-refractivity contribution in [3.63, 3.8) is 0 Å². The third kappa shape index (κ3) is 2.95. The van der Waals surface area contributed by atoms with E-state index in [0.29, 0.717) is 13.2 Å². The molecule has 5 heteroatoms. The summed E-state index contributed by atoms with van der Waals surface area (Å²) in [6, 6.07) is 0.190. The van der Waals surface area contributed by atoms with Crippen LogP contribution < -0.4 is 5.73 Å². The highest BCUT2D eigenvalue weighted by Gasteiger charge is 2.26. The first kappa shape index (κ1) is 10.4. The molecular weight excluding hydrogens is 172 g/mol. The maximum atomic E-state index is 10.7. The second kappa shape index (κ2) is 4.55. The Labute approximate surface area is 77.5 Å². The van der Waals surface area contributed by atoms with Crippen molar-refractivity contribution in [3.8, 4) is 0 Å². The van der Waals surface area contributed by atoms with Crippen molar-refractivity contribution in [1.29, 1.82) is 0 Å². The molecule has 3 N–H and O–H groups in total. The lowest BCUT2D eigenvalue weighted by atomic mass is 10.2. The van der Waals surface area contributed by atoms with Crippen LogP contribution in [0.3, 0.4) is 0 Å². The summed E-state index contributed by atoms with van der Waals surface area (Å²) in [5.41, 5.74) is 5.09. The number of morpholine rings is 1. The van der Waals surface area contributed by atoms with Crippen molar-refractivity contribution in [1.82, 2.24) is 4.90 Å². The standard InChI is InChI=1S/C8H16N2O3/c1-6-5-13-7(4-11)2-10(6)3-8(9)12/h6-7,11H,2-5H2,1H3,(H2,9,12). The number of carbonyl (C=O) groups excluding carboxylic acids is 1. The molecule has 0 aromatic carbocycles. The molecule has 1 saturated heterocycles. The van der Waals surface area contributed by atoms with E-state index in [4.69, 9.17) is 15.6 Å². The van der Waals surface area contributed by atoms with Gasteiger partial charge in [0.1, 0.15) is 0 Å². The third-order valence-electron chi connectivity index (χ3n) is 2.20. The summed E-state index contributed by atoms with van der Waals surface area (Å²) in [6.45, 7) is 3.30. The van der Waals surface area contributed by atoms with Crippen molar-refractivity contribution in [2.75, 3.05) is 26.3 Å². The minimum atomic E-state index is -0.342. The van der Waals surface area contributed by atoms with Crippen molar-refractivity contribution < 1.29 is 14.6 Å². The van der Waals surface area contributed by atoms with Gasteiger partial charge < -0.3 is 15.6 Å². The SMILES string of the molecule is CC1COC(CO)CN1CC(N)=O. The summed E-state index contributed by atoms with van der Waals surface area (Å²) >= 11 is 0. The molecule has 1 rings (SSSR count). The number of hydrogen-bond donors (Lipinski definition) is 2. The van der Waals surface area contributed by atoms with Crippen LogP contribution in [0.15, 0.2) is 0 Å². The summed E-state index contributed by atoms with van der Waals surface area (Å²) in [7, 11) is 0. The molecule has 76 valence electrons. The molecule has 1 amide bonds. The molecule has 2 atom stereocenters.